The summed E-state index contributed by atoms with van der Waals surface area (Å²) in [6.45, 7) is 2.92. The van der Waals surface area contributed by atoms with E-state index < -0.39 is 0 Å². The SMILES string of the molecule is CCn1ccnc1C(NC(=O)C1CC1)c1ccccc1. The second kappa shape index (κ2) is 5.49. The van der Waals surface area contributed by atoms with Crippen molar-refractivity contribution in [2.24, 2.45) is 5.92 Å². The van der Waals surface area contributed by atoms with E-state index in [0.717, 1.165) is 30.8 Å². The maximum Gasteiger partial charge on any atom is 0.223 e. The largest absolute Gasteiger partial charge is 0.342 e. The van der Waals surface area contributed by atoms with Crippen LogP contribution >= 0.6 is 0 Å². The number of aromatic nitrogens is 2. The van der Waals surface area contributed by atoms with Gasteiger partial charge in [0.2, 0.25) is 5.91 Å². The number of imidazole rings is 1. The molecule has 1 aromatic heterocycles. The fourth-order valence-corrected chi connectivity index (χ4v) is 2.40. The van der Waals surface area contributed by atoms with Crippen molar-refractivity contribution in [1.29, 1.82) is 0 Å². The van der Waals surface area contributed by atoms with E-state index >= 15 is 0 Å². The van der Waals surface area contributed by atoms with Crippen LogP contribution in [0.15, 0.2) is 42.7 Å². The highest BCUT2D eigenvalue weighted by Gasteiger charge is 2.32. The second-order valence-electron chi connectivity index (χ2n) is 5.20. The summed E-state index contributed by atoms with van der Waals surface area (Å²) in [5.74, 6) is 1.24. The zero-order valence-corrected chi connectivity index (χ0v) is 11.6. The Morgan fingerprint density at radius 1 is 1.40 bits per heavy atom. The molecule has 104 valence electrons. The van der Waals surface area contributed by atoms with Gasteiger partial charge in [0.1, 0.15) is 11.9 Å². The van der Waals surface area contributed by atoms with Gasteiger partial charge in [-0.15, -0.1) is 0 Å². The van der Waals surface area contributed by atoms with Crippen molar-refractivity contribution >= 4 is 5.91 Å². The number of carbonyl (C=O) groups excluding carboxylic acids is 1. The summed E-state index contributed by atoms with van der Waals surface area (Å²) < 4.78 is 2.07. The number of aryl methyl sites for hydroxylation is 1. The van der Waals surface area contributed by atoms with Crippen LogP contribution in [0.3, 0.4) is 0 Å². The number of amides is 1. The average Bonchev–Trinajstić information content (AvgIpc) is 3.24. The molecule has 2 aromatic rings. The molecule has 1 saturated carbocycles. The van der Waals surface area contributed by atoms with Crippen molar-refractivity contribution in [3.63, 3.8) is 0 Å². The van der Waals surface area contributed by atoms with Gasteiger partial charge < -0.3 is 9.88 Å². The molecule has 1 fully saturated rings. The van der Waals surface area contributed by atoms with Crippen LogP contribution in [-0.2, 0) is 11.3 Å². The highest BCUT2D eigenvalue weighted by atomic mass is 16.2. The van der Waals surface area contributed by atoms with Crippen LogP contribution < -0.4 is 5.32 Å². The lowest BCUT2D eigenvalue weighted by atomic mass is 10.1. The van der Waals surface area contributed by atoms with Crippen molar-refractivity contribution in [2.75, 3.05) is 0 Å². The van der Waals surface area contributed by atoms with Gasteiger partial charge in [-0.25, -0.2) is 4.98 Å². The summed E-state index contributed by atoms with van der Waals surface area (Å²) in [5.41, 5.74) is 1.07. The van der Waals surface area contributed by atoms with Crippen molar-refractivity contribution in [2.45, 2.75) is 32.4 Å². The molecule has 0 aliphatic heterocycles. The van der Waals surface area contributed by atoms with Crippen molar-refractivity contribution in [3.05, 3.63) is 54.1 Å². The van der Waals surface area contributed by atoms with Gasteiger partial charge in [-0.3, -0.25) is 4.79 Å². The third-order valence-corrected chi connectivity index (χ3v) is 3.71. The van der Waals surface area contributed by atoms with Gasteiger partial charge in [0.15, 0.2) is 0 Å². The average molecular weight is 269 g/mol. The molecule has 1 heterocycles. The van der Waals surface area contributed by atoms with Gasteiger partial charge >= 0.3 is 0 Å². The fraction of sp³-hybridized carbons (Fsp3) is 0.375. The van der Waals surface area contributed by atoms with Gasteiger partial charge in [0.25, 0.3) is 0 Å². The predicted molar refractivity (Wildman–Crippen MR) is 77.1 cm³/mol. The lowest BCUT2D eigenvalue weighted by Gasteiger charge is -2.20. The monoisotopic (exact) mass is 269 g/mol. The molecule has 0 saturated heterocycles. The molecule has 4 nitrogen and oxygen atoms in total. The molecule has 1 aliphatic rings. The number of carbonyl (C=O) groups is 1. The summed E-state index contributed by atoms with van der Waals surface area (Å²) in [5, 5.41) is 3.15. The Morgan fingerprint density at radius 3 is 2.80 bits per heavy atom. The molecule has 4 heteroatoms. The maximum atomic E-state index is 12.1. The lowest BCUT2D eigenvalue weighted by molar-refractivity contribution is -0.122. The standard InChI is InChI=1S/C16H19N3O/c1-2-19-11-10-17-15(19)14(12-6-4-3-5-7-12)18-16(20)13-8-9-13/h3-7,10-11,13-14H,2,8-9H2,1H3,(H,18,20). The highest BCUT2D eigenvalue weighted by Crippen LogP contribution is 2.30. The molecule has 20 heavy (non-hydrogen) atoms. The minimum Gasteiger partial charge on any atom is -0.342 e. The van der Waals surface area contributed by atoms with Crippen LogP contribution in [0.4, 0.5) is 0 Å². The Kier molecular flexibility index (Phi) is 3.54. The van der Waals surface area contributed by atoms with Gasteiger partial charge in [0.05, 0.1) is 0 Å². The van der Waals surface area contributed by atoms with Gasteiger partial charge in [0, 0.05) is 24.9 Å². The Balaban J connectivity index is 1.92. The molecular weight excluding hydrogens is 250 g/mol. The van der Waals surface area contributed by atoms with E-state index in [4.69, 9.17) is 0 Å². The Morgan fingerprint density at radius 2 is 2.15 bits per heavy atom. The van der Waals surface area contributed by atoms with Crippen molar-refractivity contribution in [1.82, 2.24) is 14.9 Å². The minimum atomic E-state index is -0.167. The molecule has 3 rings (SSSR count). The van der Waals surface area contributed by atoms with E-state index in [-0.39, 0.29) is 17.9 Å². The summed E-state index contributed by atoms with van der Waals surface area (Å²) >= 11 is 0. The van der Waals surface area contributed by atoms with Crippen LogP contribution in [0, 0.1) is 5.92 Å². The van der Waals surface area contributed by atoms with E-state index in [1.54, 1.807) is 6.20 Å². The molecule has 0 radical (unpaired) electrons. The number of nitrogens with zero attached hydrogens (tertiary/aromatic N) is 2. The molecule has 1 aliphatic carbocycles. The molecule has 0 bridgehead atoms. The Bertz CT molecular complexity index is 587. The zero-order chi connectivity index (χ0) is 13.9. The topological polar surface area (TPSA) is 46.9 Å². The predicted octanol–water partition coefficient (Wildman–Crippen LogP) is 2.52. The molecule has 1 aromatic carbocycles. The molecule has 0 spiro atoms. The number of hydrogen-bond donors (Lipinski definition) is 1. The van der Waals surface area contributed by atoms with Gasteiger partial charge in [-0.05, 0) is 25.3 Å². The first-order valence-corrected chi connectivity index (χ1v) is 7.16. The summed E-state index contributed by atoms with van der Waals surface area (Å²) in [7, 11) is 0. The van der Waals surface area contributed by atoms with Crippen LogP contribution in [0.25, 0.3) is 0 Å². The lowest BCUT2D eigenvalue weighted by Crippen LogP contribution is -2.32. The summed E-state index contributed by atoms with van der Waals surface area (Å²) in [4.78, 5) is 16.6. The molecule has 1 N–H and O–H groups in total. The van der Waals surface area contributed by atoms with Crippen LogP contribution in [-0.4, -0.2) is 15.5 Å². The molecule has 1 amide bonds. The first-order chi connectivity index (χ1) is 9.79. The Labute approximate surface area is 118 Å². The van der Waals surface area contributed by atoms with E-state index in [0.29, 0.717) is 0 Å². The summed E-state index contributed by atoms with van der Waals surface area (Å²) in [6.07, 6.45) is 5.76. The van der Waals surface area contributed by atoms with Gasteiger partial charge in [-0.2, -0.15) is 0 Å². The number of hydrogen-bond acceptors (Lipinski definition) is 2. The normalized spacial score (nSPS) is 15.8. The van der Waals surface area contributed by atoms with Crippen LogP contribution in [0.1, 0.15) is 37.2 Å². The van der Waals surface area contributed by atoms with E-state index in [1.165, 1.54) is 0 Å². The first kappa shape index (κ1) is 12.9. The van der Waals surface area contributed by atoms with E-state index in [1.807, 2.05) is 36.5 Å². The van der Waals surface area contributed by atoms with Crippen molar-refractivity contribution < 1.29 is 4.79 Å². The molecular formula is C16H19N3O. The van der Waals surface area contributed by atoms with Crippen LogP contribution in [0.5, 0.6) is 0 Å². The third kappa shape index (κ3) is 2.59. The highest BCUT2D eigenvalue weighted by molar-refractivity contribution is 5.81. The smallest absolute Gasteiger partial charge is 0.223 e. The maximum absolute atomic E-state index is 12.1. The van der Waals surface area contributed by atoms with Gasteiger partial charge in [-0.1, -0.05) is 30.3 Å². The summed E-state index contributed by atoms with van der Waals surface area (Å²) in [6, 6.07) is 9.86. The first-order valence-electron chi connectivity index (χ1n) is 7.16. The molecule has 1 unspecified atom stereocenters. The number of benzene rings is 1. The van der Waals surface area contributed by atoms with Crippen LogP contribution in [0.2, 0.25) is 0 Å². The Hall–Kier alpha value is -2.10. The quantitative estimate of drug-likeness (QED) is 0.906. The fourth-order valence-electron chi connectivity index (χ4n) is 2.40. The second-order valence-corrected chi connectivity index (χ2v) is 5.20. The minimum absolute atomic E-state index is 0.143. The van der Waals surface area contributed by atoms with E-state index in [2.05, 4.69) is 21.8 Å². The molecule has 1 atom stereocenters. The number of rotatable bonds is 5. The third-order valence-electron chi connectivity index (χ3n) is 3.71. The van der Waals surface area contributed by atoms with Crippen molar-refractivity contribution in [3.8, 4) is 0 Å². The number of nitrogens with one attached hydrogen (secondary N) is 1. The zero-order valence-electron chi connectivity index (χ0n) is 11.6. The van der Waals surface area contributed by atoms with E-state index in [9.17, 15) is 4.79 Å².